The summed E-state index contributed by atoms with van der Waals surface area (Å²) in [5.41, 5.74) is 0.216. The van der Waals surface area contributed by atoms with Crippen LogP contribution >= 0.6 is 11.8 Å². The molecule has 1 rings (SSSR count). The van der Waals surface area contributed by atoms with Gasteiger partial charge >= 0.3 is 0 Å². The quantitative estimate of drug-likeness (QED) is 0.575. The molecule has 1 aliphatic carbocycles. The largest absolute Gasteiger partial charge is 0.130 e. The molecule has 11 heavy (non-hydrogen) atoms. The Labute approximate surface area is 73.1 Å². The van der Waals surface area contributed by atoms with E-state index in [4.69, 9.17) is 0 Å². The first-order chi connectivity index (χ1) is 5.14. The smallest absolute Gasteiger partial charge is 0.00661 e. The molecule has 0 unspecified atom stereocenters. The molecular formula is C10H14S. The van der Waals surface area contributed by atoms with Crippen molar-refractivity contribution in [2.75, 3.05) is 6.26 Å². The summed E-state index contributed by atoms with van der Waals surface area (Å²) in [6.45, 7) is 4.41. The number of rotatable bonds is 1. The molecule has 0 bridgehead atoms. The summed E-state index contributed by atoms with van der Waals surface area (Å²) in [6, 6.07) is 0. The second-order valence-electron chi connectivity index (χ2n) is 3.29. The van der Waals surface area contributed by atoms with Crippen molar-refractivity contribution in [1.82, 2.24) is 0 Å². The molecule has 0 aromatic heterocycles. The van der Waals surface area contributed by atoms with Crippen LogP contribution in [0.25, 0.3) is 0 Å². The van der Waals surface area contributed by atoms with Gasteiger partial charge in [0.05, 0.1) is 0 Å². The van der Waals surface area contributed by atoms with Crippen LogP contribution in [0.3, 0.4) is 0 Å². The van der Waals surface area contributed by atoms with Crippen LogP contribution in [0.2, 0.25) is 0 Å². The zero-order chi connectivity index (χ0) is 8.32. The Bertz CT molecular complexity index is 219. The molecule has 0 N–H and O–H groups in total. The predicted octanol–water partition coefficient (Wildman–Crippen LogP) is 3.39. The summed E-state index contributed by atoms with van der Waals surface area (Å²) in [5.74, 6) is 0. The van der Waals surface area contributed by atoms with E-state index in [9.17, 15) is 0 Å². The third-order valence-corrected chi connectivity index (χ3v) is 2.44. The van der Waals surface area contributed by atoms with Gasteiger partial charge in [-0.25, -0.2) is 0 Å². The molecule has 0 saturated heterocycles. The zero-order valence-corrected chi connectivity index (χ0v) is 8.11. The van der Waals surface area contributed by atoms with Crippen molar-refractivity contribution in [3.63, 3.8) is 0 Å². The minimum absolute atomic E-state index is 0.216. The van der Waals surface area contributed by atoms with Gasteiger partial charge in [-0.05, 0) is 12.3 Å². The Balaban J connectivity index is 2.83. The highest BCUT2D eigenvalue weighted by Crippen LogP contribution is 2.25. The second kappa shape index (κ2) is 3.31. The lowest BCUT2D eigenvalue weighted by Gasteiger charge is -2.12. The number of allylic oxidation sites excluding steroid dienone is 5. The fourth-order valence-corrected chi connectivity index (χ4v) is 1.35. The van der Waals surface area contributed by atoms with Crippen LogP contribution in [0.1, 0.15) is 13.8 Å². The first-order valence-corrected chi connectivity index (χ1v) is 4.99. The third-order valence-electron chi connectivity index (χ3n) is 1.70. The normalized spacial score (nSPS) is 21.2. The highest BCUT2D eigenvalue weighted by Gasteiger charge is 2.09. The molecule has 0 amide bonds. The van der Waals surface area contributed by atoms with Crippen LogP contribution in [-0.2, 0) is 0 Å². The predicted molar refractivity (Wildman–Crippen MR) is 53.7 cm³/mol. The fraction of sp³-hybridized carbons (Fsp3) is 0.400. The van der Waals surface area contributed by atoms with E-state index in [1.165, 1.54) is 4.91 Å². The number of hydrogen-bond donors (Lipinski definition) is 0. The highest BCUT2D eigenvalue weighted by atomic mass is 32.2. The fourth-order valence-electron chi connectivity index (χ4n) is 0.935. The molecule has 60 valence electrons. The summed E-state index contributed by atoms with van der Waals surface area (Å²) >= 11 is 1.78. The summed E-state index contributed by atoms with van der Waals surface area (Å²) in [6.07, 6.45) is 13.0. The van der Waals surface area contributed by atoms with Gasteiger partial charge in [-0.1, -0.05) is 38.2 Å². The van der Waals surface area contributed by atoms with Gasteiger partial charge in [0.25, 0.3) is 0 Å². The van der Waals surface area contributed by atoms with Gasteiger partial charge in [0.2, 0.25) is 0 Å². The van der Waals surface area contributed by atoms with E-state index in [0.717, 1.165) is 0 Å². The van der Waals surface area contributed by atoms with E-state index >= 15 is 0 Å². The van der Waals surface area contributed by atoms with Crippen LogP contribution < -0.4 is 0 Å². The molecule has 0 nitrogen and oxygen atoms in total. The molecule has 1 heteroatoms. The molecule has 0 aromatic carbocycles. The van der Waals surface area contributed by atoms with Crippen LogP contribution in [0.4, 0.5) is 0 Å². The Morgan fingerprint density at radius 3 is 2.64 bits per heavy atom. The minimum Gasteiger partial charge on any atom is -0.130 e. The zero-order valence-electron chi connectivity index (χ0n) is 7.29. The van der Waals surface area contributed by atoms with Crippen molar-refractivity contribution in [1.29, 1.82) is 0 Å². The minimum atomic E-state index is 0.216. The van der Waals surface area contributed by atoms with E-state index in [-0.39, 0.29) is 5.41 Å². The van der Waals surface area contributed by atoms with Crippen molar-refractivity contribution < 1.29 is 0 Å². The number of hydrogen-bond acceptors (Lipinski definition) is 1. The van der Waals surface area contributed by atoms with Gasteiger partial charge in [0.15, 0.2) is 0 Å². The van der Waals surface area contributed by atoms with Crippen molar-refractivity contribution >= 4 is 11.8 Å². The van der Waals surface area contributed by atoms with Gasteiger partial charge in [0, 0.05) is 10.3 Å². The lowest BCUT2D eigenvalue weighted by Crippen LogP contribution is -2.00. The maximum atomic E-state index is 2.23. The first-order valence-electron chi connectivity index (χ1n) is 3.77. The van der Waals surface area contributed by atoms with E-state index in [2.05, 4.69) is 50.5 Å². The van der Waals surface area contributed by atoms with E-state index in [0.29, 0.717) is 0 Å². The van der Waals surface area contributed by atoms with E-state index < -0.39 is 0 Å². The van der Waals surface area contributed by atoms with Gasteiger partial charge < -0.3 is 0 Å². The lowest BCUT2D eigenvalue weighted by atomic mass is 9.93. The third kappa shape index (κ3) is 2.58. The molecule has 0 spiro atoms. The Morgan fingerprint density at radius 1 is 1.27 bits per heavy atom. The summed E-state index contributed by atoms with van der Waals surface area (Å²) < 4.78 is 0. The van der Waals surface area contributed by atoms with Gasteiger partial charge in [0.1, 0.15) is 0 Å². The molecule has 0 aliphatic heterocycles. The average Bonchev–Trinajstić information content (AvgIpc) is 2.10. The summed E-state index contributed by atoms with van der Waals surface area (Å²) in [4.78, 5) is 1.33. The Morgan fingerprint density at radius 2 is 2.00 bits per heavy atom. The van der Waals surface area contributed by atoms with Gasteiger partial charge in [-0.15, -0.1) is 11.8 Å². The highest BCUT2D eigenvalue weighted by molar-refractivity contribution is 8.02. The molecular weight excluding hydrogens is 152 g/mol. The Hall–Kier alpha value is -0.430. The maximum absolute atomic E-state index is 2.23. The topological polar surface area (TPSA) is 0 Å². The van der Waals surface area contributed by atoms with Crippen molar-refractivity contribution in [3.05, 3.63) is 35.3 Å². The monoisotopic (exact) mass is 166 g/mol. The molecule has 0 aromatic rings. The molecule has 0 atom stereocenters. The summed E-state index contributed by atoms with van der Waals surface area (Å²) in [7, 11) is 0. The molecule has 0 radical (unpaired) electrons. The Kier molecular flexibility index (Phi) is 2.61. The van der Waals surface area contributed by atoms with Gasteiger partial charge in [-0.2, -0.15) is 0 Å². The van der Waals surface area contributed by atoms with Crippen LogP contribution in [-0.4, -0.2) is 6.26 Å². The molecule has 0 fully saturated rings. The van der Waals surface area contributed by atoms with Crippen LogP contribution in [0, 0.1) is 5.41 Å². The van der Waals surface area contributed by atoms with Crippen LogP contribution in [0.5, 0.6) is 0 Å². The second-order valence-corrected chi connectivity index (χ2v) is 4.17. The average molecular weight is 166 g/mol. The van der Waals surface area contributed by atoms with Gasteiger partial charge in [-0.3, -0.25) is 0 Å². The first kappa shape index (κ1) is 8.66. The van der Waals surface area contributed by atoms with Crippen molar-refractivity contribution in [3.8, 4) is 0 Å². The SMILES string of the molecule is CSC1=CC=CC(C)(C)C=C1. The van der Waals surface area contributed by atoms with Crippen molar-refractivity contribution in [2.24, 2.45) is 5.41 Å². The summed E-state index contributed by atoms with van der Waals surface area (Å²) in [5, 5.41) is 0. The van der Waals surface area contributed by atoms with Crippen molar-refractivity contribution in [2.45, 2.75) is 13.8 Å². The standard InChI is InChI=1S/C10H14S/c1-10(2)7-4-5-9(11-3)6-8-10/h4-8H,1-3H3. The lowest BCUT2D eigenvalue weighted by molar-refractivity contribution is 0.627. The molecule has 0 saturated carbocycles. The molecule has 0 heterocycles. The van der Waals surface area contributed by atoms with E-state index in [1.54, 1.807) is 11.8 Å². The molecule has 1 aliphatic rings. The van der Waals surface area contributed by atoms with Crippen LogP contribution in [0.15, 0.2) is 35.3 Å². The van der Waals surface area contributed by atoms with E-state index in [1.807, 2.05) is 0 Å². The maximum Gasteiger partial charge on any atom is 0.00661 e. The number of thioether (sulfide) groups is 1.